The fourth-order valence-corrected chi connectivity index (χ4v) is 2.58. The first-order valence-electron chi connectivity index (χ1n) is 6.62. The normalized spacial score (nSPS) is 46.6. The minimum atomic E-state index is -1.52. The Labute approximate surface area is 135 Å². The Morgan fingerprint density at radius 1 is 0.909 bits per heavy atom. The first-order valence-corrected chi connectivity index (χ1v) is 8.66. The molecule has 2 rings (SSSR count). The summed E-state index contributed by atoms with van der Waals surface area (Å²) in [5.74, 6) is 0.145. The maximum atomic E-state index is 10.0. The molecule has 2 heterocycles. The molecule has 0 saturated carbocycles. The molecule has 0 aromatic carbocycles. The van der Waals surface area contributed by atoms with Crippen LogP contribution in [0, 0.1) is 0 Å². The van der Waals surface area contributed by atoms with Crippen molar-refractivity contribution < 1.29 is 44.5 Å². The summed E-state index contributed by atoms with van der Waals surface area (Å²) in [6, 6.07) is 0. The Hall–Kier alpha value is 0.340. The van der Waals surface area contributed by atoms with Crippen molar-refractivity contribution in [2.75, 3.05) is 19.2 Å². The second-order valence-corrected chi connectivity index (χ2v) is 6.29. The summed E-state index contributed by atoms with van der Waals surface area (Å²) in [4.78, 5) is 0. The molecule has 0 bridgehead atoms. The fourth-order valence-electron chi connectivity index (χ4n) is 2.21. The van der Waals surface area contributed by atoms with Gasteiger partial charge in [0, 0.05) is 0 Å². The van der Waals surface area contributed by atoms with E-state index in [1.54, 1.807) is 0 Å². The van der Waals surface area contributed by atoms with Crippen molar-refractivity contribution in [3.05, 3.63) is 0 Å². The molecule has 0 amide bonds. The Balaban J connectivity index is 2.02. The predicted molar refractivity (Wildman–Crippen MR) is 76.9 cm³/mol. The summed E-state index contributed by atoms with van der Waals surface area (Å²) < 4.78 is 21.1. The Kier molecular flexibility index (Phi) is 7.17. The SMILES string of the molecule is OC1COC(OC2C(OCSS)OCC(O)C2O)C(O)C1O. The third-order valence-electron chi connectivity index (χ3n) is 3.46. The van der Waals surface area contributed by atoms with E-state index < -0.39 is 49.2 Å². The fraction of sp³-hybridized carbons (Fsp3) is 1.00. The number of rotatable bonds is 5. The Bertz CT molecular complexity index is 348. The standard InChI is InChI=1S/C11H20O9S2/c12-4-1-17-10(8(16)6(4)14)20-9-7(15)5(13)2-18-11(9)19-3-22-21/h4-16,21H,1-3H2. The highest BCUT2D eigenvalue weighted by molar-refractivity contribution is 8.68. The molecule has 0 spiro atoms. The van der Waals surface area contributed by atoms with Crippen LogP contribution < -0.4 is 0 Å². The van der Waals surface area contributed by atoms with E-state index in [-0.39, 0.29) is 19.2 Å². The van der Waals surface area contributed by atoms with Gasteiger partial charge in [0.2, 0.25) is 0 Å². The summed E-state index contributed by atoms with van der Waals surface area (Å²) >= 11 is 3.91. The van der Waals surface area contributed by atoms with E-state index in [9.17, 15) is 25.5 Å². The largest absolute Gasteiger partial charge is 0.388 e. The van der Waals surface area contributed by atoms with Crippen LogP contribution in [0.4, 0.5) is 0 Å². The van der Waals surface area contributed by atoms with Gasteiger partial charge in [0.25, 0.3) is 0 Å². The van der Waals surface area contributed by atoms with E-state index >= 15 is 0 Å². The quantitative estimate of drug-likeness (QED) is 0.176. The van der Waals surface area contributed by atoms with Gasteiger partial charge in [-0.05, 0) is 0 Å². The molecule has 2 saturated heterocycles. The van der Waals surface area contributed by atoms with E-state index in [0.29, 0.717) is 0 Å². The van der Waals surface area contributed by atoms with Gasteiger partial charge >= 0.3 is 0 Å². The molecule has 22 heavy (non-hydrogen) atoms. The van der Waals surface area contributed by atoms with Gasteiger partial charge in [-0.3, -0.25) is 0 Å². The van der Waals surface area contributed by atoms with Crippen LogP contribution in [-0.2, 0) is 18.9 Å². The summed E-state index contributed by atoms with van der Waals surface area (Å²) in [5.41, 5.74) is 0. The van der Waals surface area contributed by atoms with Gasteiger partial charge < -0.3 is 44.5 Å². The molecule has 2 fully saturated rings. The second kappa shape index (κ2) is 8.44. The number of ether oxygens (including phenoxy) is 4. The monoisotopic (exact) mass is 360 g/mol. The molecule has 2 aliphatic rings. The molecule has 5 N–H and O–H groups in total. The second-order valence-electron chi connectivity index (χ2n) is 5.02. The highest BCUT2D eigenvalue weighted by Crippen LogP contribution is 2.26. The summed E-state index contributed by atoms with van der Waals surface area (Å²) in [7, 11) is 1.09. The van der Waals surface area contributed by atoms with Crippen LogP contribution in [0.25, 0.3) is 0 Å². The average molecular weight is 360 g/mol. The van der Waals surface area contributed by atoms with Crippen LogP contribution >= 0.6 is 22.5 Å². The van der Waals surface area contributed by atoms with Crippen LogP contribution in [0.15, 0.2) is 0 Å². The van der Waals surface area contributed by atoms with Gasteiger partial charge in [-0.2, -0.15) is 0 Å². The first-order chi connectivity index (χ1) is 10.5. The zero-order valence-corrected chi connectivity index (χ0v) is 13.2. The van der Waals surface area contributed by atoms with E-state index in [1.807, 2.05) is 0 Å². The average Bonchev–Trinajstić information content (AvgIpc) is 2.51. The van der Waals surface area contributed by atoms with Crippen molar-refractivity contribution in [2.45, 2.75) is 49.2 Å². The zero-order chi connectivity index (χ0) is 16.3. The van der Waals surface area contributed by atoms with Crippen molar-refractivity contribution in [2.24, 2.45) is 0 Å². The van der Waals surface area contributed by atoms with Gasteiger partial charge in [0.1, 0.15) is 42.6 Å². The van der Waals surface area contributed by atoms with Crippen LogP contribution in [0.2, 0.25) is 0 Å². The van der Waals surface area contributed by atoms with E-state index in [0.717, 1.165) is 10.8 Å². The summed E-state index contributed by atoms with van der Waals surface area (Å²) in [5, 5.41) is 48.6. The van der Waals surface area contributed by atoms with Crippen molar-refractivity contribution in [1.29, 1.82) is 0 Å². The van der Waals surface area contributed by atoms with Crippen molar-refractivity contribution >= 4 is 22.5 Å². The van der Waals surface area contributed by atoms with Crippen molar-refractivity contribution in [3.63, 3.8) is 0 Å². The van der Waals surface area contributed by atoms with Crippen LogP contribution in [0.1, 0.15) is 0 Å². The third kappa shape index (κ3) is 4.24. The summed E-state index contributed by atoms with van der Waals surface area (Å²) in [6.45, 7) is -0.383. The molecule has 0 aromatic rings. The van der Waals surface area contributed by atoms with Crippen LogP contribution in [0.5, 0.6) is 0 Å². The van der Waals surface area contributed by atoms with Gasteiger partial charge in [-0.1, -0.05) is 10.8 Å². The lowest BCUT2D eigenvalue weighted by atomic mass is 10.0. The summed E-state index contributed by atoms with van der Waals surface area (Å²) in [6.07, 6.45) is -10.2. The van der Waals surface area contributed by atoms with E-state index in [1.165, 1.54) is 0 Å². The molecule has 9 nitrogen and oxygen atoms in total. The first kappa shape index (κ1) is 18.7. The topological polar surface area (TPSA) is 138 Å². The molecule has 0 aliphatic carbocycles. The van der Waals surface area contributed by atoms with Gasteiger partial charge in [0.15, 0.2) is 12.6 Å². The van der Waals surface area contributed by atoms with E-state index in [2.05, 4.69) is 11.7 Å². The highest BCUT2D eigenvalue weighted by atomic mass is 33.1. The lowest BCUT2D eigenvalue weighted by Crippen LogP contribution is -2.60. The number of aliphatic hydroxyl groups excluding tert-OH is 5. The Morgan fingerprint density at radius 3 is 2.14 bits per heavy atom. The van der Waals surface area contributed by atoms with Crippen LogP contribution in [0.3, 0.4) is 0 Å². The molecule has 0 radical (unpaired) electrons. The maximum Gasteiger partial charge on any atom is 0.187 e. The highest BCUT2D eigenvalue weighted by Gasteiger charge is 2.46. The lowest BCUT2D eigenvalue weighted by molar-refractivity contribution is -0.341. The van der Waals surface area contributed by atoms with Crippen molar-refractivity contribution in [1.82, 2.24) is 0 Å². The Morgan fingerprint density at radius 2 is 1.50 bits per heavy atom. The predicted octanol–water partition coefficient (Wildman–Crippen LogP) is -2.56. The minimum Gasteiger partial charge on any atom is -0.388 e. The molecule has 8 unspecified atom stereocenters. The van der Waals surface area contributed by atoms with Gasteiger partial charge in [-0.25, -0.2) is 0 Å². The van der Waals surface area contributed by atoms with E-state index in [4.69, 9.17) is 18.9 Å². The molecule has 130 valence electrons. The number of thiol groups is 1. The smallest absolute Gasteiger partial charge is 0.187 e. The lowest BCUT2D eigenvalue weighted by Gasteiger charge is -2.42. The molecule has 2 aliphatic heterocycles. The molecule has 8 atom stereocenters. The van der Waals surface area contributed by atoms with Gasteiger partial charge in [-0.15, -0.1) is 11.7 Å². The molecule has 0 aromatic heterocycles. The maximum absolute atomic E-state index is 10.0. The number of hydrogen-bond donors (Lipinski definition) is 6. The molecular formula is C11H20O9S2. The number of hydrogen-bond acceptors (Lipinski definition) is 11. The zero-order valence-electron chi connectivity index (χ0n) is 11.5. The molecule has 11 heteroatoms. The minimum absolute atomic E-state index is 0.141. The third-order valence-corrected chi connectivity index (χ3v) is 4.02. The van der Waals surface area contributed by atoms with Crippen molar-refractivity contribution in [3.8, 4) is 0 Å². The number of aliphatic hydroxyl groups is 5. The van der Waals surface area contributed by atoms with Gasteiger partial charge in [0.05, 0.1) is 13.2 Å². The van der Waals surface area contributed by atoms with Crippen LogP contribution in [-0.4, -0.2) is 93.9 Å². The molecular weight excluding hydrogens is 340 g/mol.